The summed E-state index contributed by atoms with van der Waals surface area (Å²) < 4.78 is 6.23. The van der Waals surface area contributed by atoms with Crippen LogP contribution in [0.15, 0.2) is 24.3 Å². The fourth-order valence-corrected chi connectivity index (χ4v) is 2.56. The van der Waals surface area contributed by atoms with Crippen LogP contribution in [0.25, 0.3) is 0 Å². The molecule has 0 aromatic heterocycles. The maximum Gasteiger partial charge on any atom is 0.0952 e. The Morgan fingerprint density at radius 3 is 2.76 bits per heavy atom. The second-order valence-corrected chi connectivity index (χ2v) is 5.00. The van der Waals surface area contributed by atoms with Gasteiger partial charge in [0.1, 0.15) is 0 Å². The summed E-state index contributed by atoms with van der Waals surface area (Å²) in [5.74, 6) is 0. The van der Waals surface area contributed by atoms with Crippen LogP contribution >= 0.6 is 0 Å². The summed E-state index contributed by atoms with van der Waals surface area (Å²) in [7, 11) is 1.99. The molecule has 1 unspecified atom stereocenters. The molecule has 17 heavy (non-hydrogen) atoms. The molecule has 94 valence electrons. The van der Waals surface area contributed by atoms with Crippen LogP contribution in [0.1, 0.15) is 42.9 Å². The van der Waals surface area contributed by atoms with Crippen LogP contribution in [-0.2, 0) is 4.74 Å². The zero-order valence-electron chi connectivity index (χ0n) is 10.9. The Morgan fingerprint density at radius 2 is 2.12 bits per heavy atom. The molecule has 2 rings (SSSR count). The molecule has 1 N–H and O–H groups in total. The Kier molecular flexibility index (Phi) is 4.57. The zero-order valence-corrected chi connectivity index (χ0v) is 10.9. The Hall–Kier alpha value is -0.860. The smallest absolute Gasteiger partial charge is 0.0952 e. The molecular weight excluding hydrogens is 210 g/mol. The Bertz CT molecular complexity index is 345. The number of hydrogen-bond donors (Lipinski definition) is 1. The average Bonchev–Trinajstić information content (AvgIpc) is 2.81. The number of aryl methyl sites for hydroxylation is 1. The van der Waals surface area contributed by atoms with Crippen LogP contribution in [-0.4, -0.2) is 19.7 Å². The van der Waals surface area contributed by atoms with Gasteiger partial charge in [0.05, 0.1) is 12.2 Å². The van der Waals surface area contributed by atoms with Gasteiger partial charge in [0.15, 0.2) is 0 Å². The summed E-state index contributed by atoms with van der Waals surface area (Å²) in [5, 5.41) is 3.23. The van der Waals surface area contributed by atoms with E-state index in [2.05, 4.69) is 36.5 Å². The van der Waals surface area contributed by atoms with E-state index < -0.39 is 0 Å². The summed E-state index contributed by atoms with van der Waals surface area (Å²) in [4.78, 5) is 0. The fourth-order valence-electron chi connectivity index (χ4n) is 2.56. The molecule has 1 atom stereocenters. The molecule has 2 heteroatoms. The first-order valence-electron chi connectivity index (χ1n) is 6.66. The first kappa shape index (κ1) is 12.6. The zero-order chi connectivity index (χ0) is 12.1. The molecule has 0 spiro atoms. The van der Waals surface area contributed by atoms with Gasteiger partial charge in [-0.1, -0.05) is 42.7 Å². The minimum absolute atomic E-state index is 0.197. The van der Waals surface area contributed by atoms with E-state index in [4.69, 9.17) is 4.74 Å². The van der Waals surface area contributed by atoms with Gasteiger partial charge in [-0.3, -0.25) is 0 Å². The third kappa shape index (κ3) is 3.55. The lowest BCUT2D eigenvalue weighted by atomic mass is 10.1. The van der Waals surface area contributed by atoms with Crippen LogP contribution in [0, 0.1) is 6.92 Å². The van der Waals surface area contributed by atoms with Crippen molar-refractivity contribution in [1.29, 1.82) is 0 Å². The largest absolute Gasteiger partial charge is 0.369 e. The lowest BCUT2D eigenvalue weighted by Crippen LogP contribution is -2.23. The molecule has 1 aliphatic carbocycles. The topological polar surface area (TPSA) is 21.3 Å². The third-order valence-electron chi connectivity index (χ3n) is 3.46. The number of benzene rings is 1. The van der Waals surface area contributed by atoms with Crippen LogP contribution in [0.3, 0.4) is 0 Å². The van der Waals surface area contributed by atoms with Gasteiger partial charge in [0.25, 0.3) is 0 Å². The predicted molar refractivity (Wildman–Crippen MR) is 71.2 cm³/mol. The van der Waals surface area contributed by atoms with Gasteiger partial charge in [0, 0.05) is 6.54 Å². The summed E-state index contributed by atoms with van der Waals surface area (Å²) >= 11 is 0. The highest BCUT2D eigenvalue weighted by atomic mass is 16.5. The minimum atomic E-state index is 0.197. The lowest BCUT2D eigenvalue weighted by molar-refractivity contribution is -0.00786. The molecular formula is C15H23NO. The van der Waals surface area contributed by atoms with E-state index in [-0.39, 0.29) is 6.10 Å². The van der Waals surface area contributed by atoms with E-state index in [1.807, 2.05) is 7.05 Å². The predicted octanol–water partition coefficient (Wildman–Crippen LogP) is 3.21. The van der Waals surface area contributed by atoms with Gasteiger partial charge in [-0.2, -0.15) is 0 Å². The van der Waals surface area contributed by atoms with Crippen molar-refractivity contribution in [3.05, 3.63) is 35.4 Å². The van der Waals surface area contributed by atoms with Crippen LogP contribution in [0.4, 0.5) is 0 Å². The maximum absolute atomic E-state index is 6.23. The van der Waals surface area contributed by atoms with E-state index in [9.17, 15) is 0 Å². The first-order valence-corrected chi connectivity index (χ1v) is 6.66. The highest BCUT2D eigenvalue weighted by molar-refractivity contribution is 5.24. The highest BCUT2D eigenvalue weighted by Gasteiger charge is 2.21. The van der Waals surface area contributed by atoms with Crippen LogP contribution < -0.4 is 5.32 Å². The quantitative estimate of drug-likeness (QED) is 0.843. The van der Waals surface area contributed by atoms with Crippen molar-refractivity contribution >= 4 is 0 Å². The van der Waals surface area contributed by atoms with Gasteiger partial charge in [-0.25, -0.2) is 0 Å². The molecule has 0 saturated heterocycles. The Morgan fingerprint density at radius 1 is 1.35 bits per heavy atom. The molecule has 1 fully saturated rings. The van der Waals surface area contributed by atoms with Gasteiger partial charge < -0.3 is 10.1 Å². The second-order valence-electron chi connectivity index (χ2n) is 5.00. The van der Waals surface area contributed by atoms with Crippen molar-refractivity contribution in [2.45, 2.75) is 44.8 Å². The SMILES string of the molecule is CNCC(OC1CCCC1)c1cccc(C)c1. The van der Waals surface area contributed by atoms with E-state index in [0.29, 0.717) is 6.10 Å². The van der Waals surface area contributed by atoms with Gasteiger partial charge in [0.2, 0.25) is 0 Å². The van der Waals surface area contributed by atoms with E-state index in [0.717, 1.165) is 6.54 Å². The van der Waals surface area contributed by atoms with Crippen LogP contribution in [0.5, 0.6) is 0 Å². The Labute approximate surface area is 104 Å². The molecule has 0 bridgehead atoms. The normalized spacial score (nSPS) is 18.5. The average molecular weight is 233 g/mol. The van der Waals surface area contributed by atoms with Crippen molar-refractivity contribution in [1.82, 2.24) is 5.32 Å². The summed E-state index contributed by atoms with van der Waals surface area (Å²) in [6.45, 7) is 3.02. The molecule has 1 aromatic carbocycles. The monoisotopic (exact) mass is 233 g/mol. The summed E-state index contributed by atoms with van der Waals surface area (Å²) in [6, 6.07) is 8.65. The van der Waals surface area contributed by atoms with Crippen molar-refractivity contribution in [3.63, 3.8) is 0 Å². The molecule has 1 aliphatic rings. The van der Waals surface area contributed by atoms with Gasteiger partial charge >= 0.3 is 0 Å². The highest BCUT2D eigenvalue weighted by Crippen LogP contribution is 2.27. The van der Waals surface area contributed by atoms with Crippen LogP contribution in [0.2, 0.25) is 0 Å². The van der Waals surface area contributed by atoms with Crippen molar-refractivity contribution < 1.29 is 4.74 Å². The molecule has 0 radical (unpaired) electrons. The standard InChI is InChI=1S/C15H23NO/c1-12-6-5-7-13(10-12)15(11-16-2)17-14-8-3-4-9-14/h5-7,10,14-16H,3-4,8-9,11H2,1-2H3. The fraction of sp³-hybridized carbons (Fsp3) is 0.600. The molecule has 0 amide bonds. The minimum Gasteiger partial charge on any atom is -0.369 e. The summed E-state index contributed by atoms with van der Waals surface area (Å²) in [6.07, 6.45) is 5.77. The Balaban J connectivity index is 2.04. The number of nitrogens with one attached hydrogen (secondary N) is 1. The van der Waals surface area contributed by atoms with Gasteiger partial charge in [-0.05, 0) is 32.4 Å². The van der Waals surface area contributed by atoms with E-state index in [1.54, 1.807) is 0 Å². The molecule has 0 aliphatic heterocycles. The maximum atomic E-state index is 6.23. The molecule has 1 saturated carbocycles. The van der Waals surface area contributed by atoms with Crippen molar-refractivity contribution in [2.24, 2.45) is 0 Å². The number of hydrogen-bond acceptors (Lipinski definition) is 2. The van der Waals surface area contributed by atoms with Crippen molar-refractivity contribution in [3.8, 4) is 0 Å². The number of ether oxygens (including phenoxy) is 1. The molecule has 1 aromatic rings. The van der Waals surface area contributed by atoms with E-state index >= 15 is 0 Å². The molecule has 0 heterocycles. The third-order valence-corrected chi connectivity index (χ3v) is 3.46. The van der Waals surface area contributed by atoms with E-state index in [1.165, 1.54) is 36.8 Å². The van der Waals surface area contributed by atoms with Crippen molar-refractivity contribution in [2.75, 3.05) is 13.6 Å². The van der Waals surface area contributed by atoms with Gasteiger partial charge in [-0.15, -0.1) is 0 Å². The summed E-state index contributed by atoms with van der Waals surface area (Å²) in [5.41, 5.74) is 2.60. The molecule has 2 nitrogen and oxygen atoms in total. The lowest BCUT2D eigenvalue weighted by Gasteiger charge is -2.22. The second kappa shape index (κ2) is 6.18. The first-order chi connectivity index (χ1) is 8.29. The number of likely N-dealkylation sites (N-methyl/N-ethyl adjacent to an activating group) is 1. The number of rotatable bonds is 5.